The molecule has 2 N–H and O–H groups in total. The molecule has 3 aromatic carbocycles. The maximum atomic E-state index is 12.9. The van der Waals surface area contributed by atoms with E-state index in [-0.39, 0.29) is 12.1 Å². The number of likely N-dealkylation sites (N-methyl/N-ethyl adjacent to an activating group) is 1. The molecule has 0 heterocycles. The van der Waals surface area contributed by atoms with E-state index in [9.17, 15) is 13.2 Å². The van der Waals surface area contributed by atoms with Crippen LogP contribution in [-0.2, 0) is 12.6 Å². The smallest absolute Gasteiger partial charge is 0.416 e. The molecule has 0 aliphatic rings. The Morgan fingerprint density at radius 2 is 1.58 bits per heavy atom. The number of methoxy groups -OCH3 is 1. The number of alkyl halides is 3. The summed E-state index contributed by atoms with van der Waals surface area (Å²) in [6.07, 6.45) is -3.08. The van der Waals surface area contributed by atoms with E-state index < -0.39 is 11.7 Å². The number of hydrogen-bond acceptors (Lipinski definition) is 3. The van der Waals surface area contributed by atoms with Crippen molar-refractivity contribution < 1.29 is 17.9 Å². The van der Waals surface area contributed by atoms with Crippen molar-refractivity contribution >= 4 is 0 Å². The monoisotopic (exact) mass is 454 g/mol. The fraction of sp³-hybridized carbons (Fsp3) is 0.259. The fourth-order valence-electron chi connectivity index (χ4n) is 3.84. The van der Waals surface area contributed by atoms with Gasteiger partial charge in [0.2, 0.25) is 0 Å². The summed E-state index contributed by atoms with van der Waals surface area (Å²) in [4.78, 5) is 0. The van der Waals surface area contributed by atoms with Crippen molar-refractivity contribution in [1.29, 1.82) is 0 Å². The summed E-state index contributed by atoms with van der Waals surface area (Å²) in [6.45, 7) is 4.18. The van der Waals surface area contributed by atoms with Gasteiger partial charge in [-0.2, -0.15) is 13.2 Å². The zero-order chi connectivity index (χ0) is 23.8. The largest absolute Gasteiger partial charge is 0.496 e. The third-order valence-electron chi connectivity index (χ3n) is 5.69. The number of halogens is 3. The van der Waals surface area contributed by atoms with Crippen LogP contribution in [0.1, 0.15) is 40.8 Å². The van der Waals surface area contributed by atoms with Crippen molar-refractivity contribution in [2.45, 2.75) is 31.1 Å². The molecule has 6 heteroatoms. The van der Waals surface area contributed by atoms with Crippen LogP contribution in [0, 0.1) is 0 Å². The molecule has 0 saturated carbocycles. The lowest BCUT2D eigenvalue weighted by molar-refractivity contribution is -0.137. The molecule has 33 heavy (non-hydrogen) atoms. The SMILES string of the molecule is C=C(NC)[C@H](N[C@@H](CCc1ccc(C(F)(F)F)cc1)c1ccccc1OC)c1ccccc1. The summed E-state index contributed by atoms with van der Waals surface area (Å²) < 4.78 is 44.3. The second-order valence-electron chi connectivity index (χ2n) is 7.81. The first-order chi connectivity index (χ1) is 15.8. The van der Waals surface area contributed by atoms with E-state index >= 15 is 0 Å². The molecule has 3 rings (SSSR count). The lowest BCUT2D eigenvalue weighted by Gasteiger charge is -2.29. The Hall–Kier alpha value is -3.25. The average molecular weight is 455 g/mol. The van der Waals surface area contributed by atoms with Crippen molar-refractivity contribution in [2.24, 2.45) is 0 Å². The second-order valence-corrected chi connectivity index (χ2v) is 7.81. The molecule has 0 aliphatic carbocycles. The Balaban J connectivity index is 1.88. The van der Waals surface area contributed by atoms with E-state index in [1.165, 1.54) is 0 Å². The standard InChI is InChI=1S/C27H29F3N2O/c1-19(31-2)26(21-9-5-4-6-10-21)32-24(23-11-7-8-12-25(23)33-3)18-15-20-13-16-22(17-14-20)27(28,29)30/h4-14,16-17,24,26,31-32H,1,15,18H2,2-3H3/t24-,26-/m0/s1. The molecule has 0 radical (unpaired) electrons. The molecule has 0 spiro atoms. The van der Waals surface area contributed by atoms with E-state index in [0.29, 0.717) is 12.8 Å². The van der Waals surface area contributed by atoms with Gasteiger partial charge in [-0.1, -0.05) is 67.2 Å². The Labute approximate surface area is 193 Å². The number of benzene rings is 3. The third kappa shape index (κ3) is 6.39. The molecule has 0 aliphatic heterocycles. The number of hydrogen-bond donors (Lipinski definition) is 2. The van der Waals surface area contributed by atoms with Gasteiger partial charge in [0.05, 0.1) is 18.7 Å². The topological polar surface area (TPSA) is 33.3 Å². The van der Waals surface area contributed by atoms with Crippen molar-refractivity contribution in [3.63, 3.8) is 0 Å². The lowest BCUT2D eigenvalue weighted by atomic mass is 9.95. The molecular formula is C27H29F3N2O. The Morgan fingerprint density at radius 1 is 0.939 bits per heavy atom. The van der Waals surface area contributed by atoms with Crippen molar-refractivity contribution in [1.82, 2.24) is 10.6 Å². The van der Waals surface area contributed by atoms with Gasteiger partial charge in [0, 0.05) is 24.4 Å². The highest BCUT2D eigenvalue weighted by atomic mass is 19.4. The first-order valence-corrected chi connectivity index (χ1v) is 10.8. The lowest BCUT2D eigenvalue weighted by Crippen LogP contribution is -2.31. The van der Waals surface area contributed by atoms with E-state index in [1.54, 1.807) is 19.2 Å². The number of nitrogens with one attached hydrogen (secondary N) is 2. The van der Waals surface area contributed by atoms with Gasteiger partial charge in [-0.3, -0.25) is 5.32 Å². The number of rotatable bonds is 10. The van der Waals surface area contributed by atoms with Gasteiger partial charge < -0.3 is 10.1 Å². The Morgan fingerprint density at radius 3 is 2.18 bits per heavy atom. The van der Waals surface area contributed by atoms with Gasteiger partial charge in [0.15, 0.2) is 0 Å². The number of aryl methyl sites for hydroxylation is 1. The highest BCUT2D eigenvalue weighted by molar-refractivity contribution is 5.37. The summed E-state index contributed by atoms with van der Waals surface area (Å²) in [5, 5.41) is 6.84. The maximum Gasteiger partial charge on any atom is 0.416 e. The van der Waals surface area contributed by atoms with Gasteiger partial charge in [-0.05, 0) is 42.2 Å². The van der Waals surface area contributed by atoms with Gasteiger partial charge >= 0.3 is 6.18 Å². The Bertz CT molecular complexity index is 1030. The quantitative estimate of drug-likeness (QED) is 0.369. The van der Waals surface area contributed by atoms with Crippen LogP contribution in [0.15, 0.2) is 91.1 Å². The number of ether oxygens (including phenoxy) is 1. The van der Waals surface area contributed by atoms with Crippen molar-refractivity contribution in [2.75, 3.05) is 14.2 Å². The molecule has 174 valence electrons. The molecular weight excluding hydrogens is 425 g/mol. The summed E-state index contributed by atoms with van der Waals surface area (Å²) in [6, 6.07) is 22.8. The van der Waals surface area contributed by atoms with Crippen LogP contribution in [0.5, 0.6) is 5.75 Å². The van der Waals surface area contributed by atoms with Crippen LogP contribution in [0.2, 0.25) is 0 Å². The van der Waals surface area contributed by atoms with Gasteiger partial charge in [0.1, 0.15) is 5.75 Å². The summed E-state index contributed by atoms with van der Waals surface area (Å²) >= 11 is 0. The van der Waals surface area contributed by atoms with Crippen LogP contribution < -0.4 is 15.4 Å². The zero-order valence-electron chi connectivity index (χ0n) is 18.8. The van der Waals surface area contributed by atoms with E-state index in [0.717, 1.165) is 40.3 Å². The first kappa shape index (κ1) is 24.4. The van der Waals surface area contributed by atoms with Crippen molar-refractivity contribution in [3.8, 4) is 5.75 Å². The Kier molecular flexibility index (Phi) is 8.17. The van der Waals surface area contributed by atoms with Crippen LogP contribution >= 0.6 is 0 Å². The predicted octanol–water partition coefficient (Wildman–Crippen LogP) is 6.45. The van der Waals surface area contributed by atoms with E-state index in [2.05, 4.69) is 17.2 Å². The molecule has 0 unspecified atom stereocenters. The normalized spacial score (nSPS) is 13.2. The van der Waals surface area contributed by atoms with Crippen molar-refractivity contribution in [3.05, 3.63) is 113 Å². The van der Waals surface area contributed by atoms with Gasteiger partial charge in [-0.15, -0.1) is 0 Å². The van der Waals surface area contributed by atoms with Crippen LogP contribution in [0.25, 0.3) is 0 Å². The zero-order valence-corrected chi connectivity index (χ0v) is 18.8. The molecule has 0 aromatic heterocycles. The molecule has 0 saturated heterocycles. The minimum Gasteiger partial charge on any atom is -0.496 e. The molecule has 3 nitrogen and oxygen atoms in total. The van der Waals surface area contributed by atoms with Crippen LogP contribution in [0.3, 0.4) is 0 Å². The summed E-state index contributed by atoms with van der Waals surface area (Å²) in [7, 11) is 3.47. The molecule has 0 fully saturated rings. The maximum absolute atomic E-state index is 12.9. The second kappa shape index (κ2) is 11.1. The fourth-order valence-corrected chi connectivity index (χ4v) is 3.84. The van der Waals surface area contributed by atoms with E-state index in [1.807, 2.05) is 61.6 Å². The third-order valence-corrected chi connectivity index (χ3v) is 5.69. The van der Waals surface area contributed by atoms with E-state index in [4.69, 9.17) is 4.74 Å². The number of para-hydroxylation sites is 1. The van der Waals surface area contributed by atoms with Crippen LogP contribution in [-0.4, -0.2) is 14.2 Å². The predicted molar refractivity (Wildman–Crippen MR) is 126 cm³/mol. The summed E-state index contributed by atoms with van der Waals surface area (Å²) in [5.41, 5.74) is 3.06. The molecule has 0 bridgehead atoms. The summed E-state index contributed by atoms with van der Waals surface area (Å²) in [5.74, 6) is 0.754. The molecule has 0 amide bonds. The van der Waals surface area contributed by atoms with Gasteiger partial charge in [0.25, 0.3) is 0 Å². The molecule has 3 aromatic rings. The van der Waals surface area contributed by atoms with Gasteiger partial charge in [-0.25, -0.2) is 0 Å². The highest BCUT2D eigenvalue weighted by Gasteiger charge is 2.30. The minimum atomic E-state index is -4.34. The minimum absolute atomic E-state index is 0.126. The van der Waals surface area contributed by atoms with Crippen LogP contribution in [0.4, 0.5) is 13.2 Å². The first-order valence-electron chi connectivity index (χ1n) is 10.8. The highest BCUT2D eigenvalue weighted by Crippen LogP contribution is 2.33. The average Bonchev–Trinajstić information content (AvgIpc) is 2.84. The molecule has 2 atom stereocenters.